The maximum atomic E-state index is 12.4. The Hall–Kier alpha value is -2.71. The predicted molar refractivity (Wildman–Crippen MR) is 92.9 cm³/mol. The van der Waals surface area contributed by atoms with Crippen molar-refractivity contribution in [1.29, 1.82) is 0 Å². The van der Waals surface area contributed by atoms with Crippen LogP contribution in [-0.2, 0) is 13.1 Å². The van der Waals surface area contributed by atoms with E-state index in [1.165, 1.54) is 12.1 Å². The van der Waals surface area contributed by atoms with Gasteiger partial charge in [-0.05, 0) is 25.0 Å². The van der Waals surface area contributed by atoms with Gasteiger partial charge in [0.1, 0.15) is 5.75 Å². The molecule has 0 aliphatic carbocycles. The molecule has 0 spiro atoms. The zero-order chi connectivity index (χ0) is 19.0. The standard InChI is InChI=1S/C17H22F3N5O/c1-13-10-24-25(12-13)9-5-8-22-16(21-2)23-11-14-6-3-4-7-15(14)26-17(18,19)20/h3-4,6-7,10,12H,5,8-9,11H2,1-2H3,(H2,21,22,23). The minimum atomic E-state index is -4.72. The van der Waals surface area contributed by atoms with E-state index < -0.39 is 6.36 Å². The fourth-order valence-corrected chi connectivity index (χ4v) is 2.31. The van der Waals surface area contributed by atoms with Crippen LogP contribution >= 0.6 is 0 Å². The van der Waals surface area contributed by atoms with Gasteiger partial charge in [-0.25, -0.2) is 0 Å². The van der Waals surface area contributed by atoms with Gasteiger partial charge in [0.05, 0.1) is 6.20 Å². The summed E-state index contributed by atoms with van der Waals surface area (Å²) in [7, 11) is 1.60. The number of alkyl halides is 3. The number of rotatable bonds is 7. The third-order valence-electron chi connectivity index (χ3n) is 3.49. The second kappa shape index (κ2) is 9.12. The Morgan fingerprint density at radius 3 is 2.69 bits per heavy atom. The number of nitrogens with zero attached hydrogens (tertiary/aromatic N) is 3. The van der Waals surface area contributed by atoms with Gasteiger partial charge in [-0.3, -0.25) is 9.67 Å². The topological polar surface area (TPSA) is 63.5 Å². The Balaban J connectivity index is 1.80. The summed E-state index contributed by atoms with van der Waals surface area (Å²) in [6.45, 7) is 3.55. The van der Waals surface area contributed by atoms with E-state index in [-0.39, 0.29) is 12.3 Å². The molecule has 0 aliphatic rings. The molecule has 1 heterocycles. The van der Waals surface area contributed by atoms with E-state index >= 15 is 0 Å². The van der Waals surface area contributed by atoms with Gasteiger partial charge in [0.15, 0.2) is 5.96 Å². The Morgan fingerprint density at radius 1 is 1.27 bits per heavy atom. The third-order valence-corrected chi connectivity index (χ3v) is 3.49. The number of aromatic nitrogens is 2. The molecule has 0 atom stereocenters. The van der Waals surface area contributed by atoms with Crippen molar-refractivity contribution in [2.75, 3.05) is 13.6 Å². The quantitative estimate of drug-likeness (QED) is 0.448. The third kappa shape index (κ3) is 6.66. The van der Waals surface area contributed by atoms with Crippen molar-refractivity contribution >= 4 is 5.96 Å². The van der Waals surface area contributed by atoms with Gasteiger partial charge in [-0.15, -0.1) is 13.2 Å². The summed E-state index contributed by atoms with van der Waals surface area (Å²) in [5.74, 6) is 0.278. The molecule has 2 N–H and O–H groups in total. The monoisotopic (exact) mass is 369 g/mol. The Labute approximate surface area is 150 Å². The lowest BCUT2D eigenvalue weighted by molar-refractivity contribution is -0.274. The predicted octanol–water partition coefficient (Wildman–Crippen LogP) is 2.85. The highest BCUT2D eigenvalue weighted by atomic mass is 19.4. The summed E-state index contributed by atoms with van der Waals surface area (Å²) in [6.07, 6.45) is -0.129. The molecule has 0 saturated carbocycles. The van der Waals surface area contributed by atoms with E-state index in [9.17, 15) is 13.2 Å². The highest BCUT2D eigenvalue weighted by Crippen LogP contribution is 2.25. The molecule has 26 heavy (non-hydrogen) atoms. The lowest BCUT2D eigenvalue weighted by Gasteiger charge is -2.15. The van der Waals surface area contributed by atoms with Crippen molar-refractivity contribution in [1.82, 2.24) is 20.4 Å². The molecule has 142 valence electrons. The number of hydrogen-bond acceptors (Lipinski definition) is 3. The summed E-state index contributed by atoms with van der Waals surface area (Å²) in [4.78, 5) is 4.06. The lowest BCUT2D eigenvalue weighted by Crippen LogP contribution is -2.37. The molecule has 2 rings (SSSR count). The molecule has 6 nitrogen and oxygen atoms in total. The zero-order valence-corrected chi connectivity index (χ0v) is 14.7. The molecule has 2 aromatic rings. The first-order chi connectivity index (χ1) is 12.4. The van der Waals surface area contributed by atoms with Gasteiger partial charge in [-0.2, -0.15) is 5.10 Å². The maximum Gasteiger partial charge on any atom is 0.573 e. The van der Waals surface area contributed by atoms with Crippen LogP contribution in [0.4, 0.5) is 13.2 Å². The first-order valence-electron chi connectivity index (χ1n) is 8.14. The number of benzene rings is 1. The van der Waals surface area contributed by atoms with Crippen LogP contribution in [0, 0.1) is 6.92 Å². The molecule has 0 fully saturated rings. The van der Waals surface area contributed by atoms with Crippen molar-refractivity contribution in [2.45, 2.75) is 32.8 Å². The number of para-hydroxylation sites is 1. The Morgan fingerprint density at radius 2 is 2.04 bits per heavy atom. The molecule has 9 heteroatoms. The van der Waals surface area contributed by atoms with Crippen LogP contribution < -0.4 is 15.4 Å². The average molecular weight is 369 g/mol. The fourth-order valence-electron chi connectivity index (χ4n) is 2.31. The average Bonchev–Trinajstić information content (AvgIpc) is 2.99. The van der Waals surface area contributed by atoms with Crippen molar-refractivity contribution in [3.8, 4) is 5.75 Å². The molecule has 1 aromatic heterocycles. The lowest BCUT2D eigenvalue weighted by atomic mass is 10.2. The van der Waals surface area contributed by atoms with Crippen LogP contribution in [0.5, 0.6) is 5.75 Å². The second-order valence-corrected chi connectivity index (χ2v) is 5.64. The summed E-state index contributed by atoms with van der Waals surface area (Å²) in [5.41, 5.74) is 1.50. The molecule has 0 saturated heterocycles. The van der Waals surface area contributed by atoms with Crippen LogP contribution in [0.25, 0.3) is 0 Å². The maximum absolute atomic E-state index is 12.4. The molecule has 0 amide bonds. The fraction of sp³-hybridized carbons (Fsp3) is 0.412. The van der Waals surface area contributed by atoms with Gasteiger partial charge in [0.25, 0.3) is 0 Å². The van der Waals surface area contributed by atoms with Crippen molar-refractivity contribution in [2.24, 2.45) is 4.99 Å². The summed E-state index contributed by atoms with van der Waals surface area (Å²) >= 11 is 0. The van der Waals surface area contributed by atoms with Crippen LogP contribution in [0.3, 0.4) is 0 Å². The number of guanidine groups is 1. The summed E-state index contributed by atoms with van der Waals surface area (Å²) in [6, 6.07) is 6.01. The first-order valence-corrected chi connectivity index (χ1v) is 8.14. The van der Waals surface area contributed by atoms with E-state index in [1.54, 1.807) is 25.4 Å². The molecule has 0 bridgehead atoms. The van der Waals surface area contributed by atoms with Crippen molar-refractivity contribution in [3.05, 3.63) is 47.8 Å². The van der Waals surface area contributed by atoms with Crippen LogP contribution in [-0.4, -0.2) is 35.7 Å². The minimum absolute atomic E-state index is 0.157. The number of halogens is 3. The molecular weight excluding hydrogens is 347 g/mol. The molecule has 0 unspecified atom stereocenters. The molecule has 0 aliphatic heterocycles. The van der Waals surface area contributed by atoms with Crippen molar-refractivity contribution in [3.63, 3.8) is 0 Å². The smallest absolute Gasteiger partial charge is 0.405 e. The first kappa shape index (κ1) is 19.6. The summed E-state index contributed by atoms with van der Waals surface area (Å²) < 4.78 is 43.2. The molecule has 0 radical (unpaired) electrons. The zero-order valence-electron chi connectivity index (χ0n) is 14.7. The number of aliphatic imine (C=N–C) groups is 1. The van der Waals surface area contributed by atoms with E-state index in [1.807, 2.05) is 17.8 Å². The van der Waals surface area contributed by atoms with E-state index in [4.69, 9.17) is 0 Å². The normalized spacial score (nSPS) is 12.1. The van der Waals surface area contributed by atoms with Gasteiger partial charge >= 0.3 is 6.36 Å². The van der Waals surface area contributed by atoms with Gasteiger partial charge in [0.2, 0.25) is 0 Å². The highest BCUT2D eigenvalue weighted by molar-refractivity contribution is 5.79. The van der Waals surface area contributed by atoms with E-state index in [0.717, 1.165) is 18.5 Å². The number of hydrogen-bond donors (Lipinski definition) is 2. The SMILES string of the molecule is CN=C(NCCCn1cc(C)cn1)NCc1ccccc1OC(F)(F)F. The van der Waals surface area contributed by atoms with Crippen LogP contribution in [0.1, 0.15) is 17.5 Å². The van der Waals surface area contributed by atoms with Gasteiger partial charge in [0, 0.05) is 38.4 Å². The number of nitrogens with one attached hydrogen (secondary N) is 2. The van der Waals surface area contributed by atoms with E-state index in [2.05, 4.69) is 25.5 Å². The van der Waals surface area contributed by atoms with Crippen LogP contribution in [0.15, 0.2) is 41.7 Å². The second-order valence-electron chi connectivity index (χ2n) is 5.64. The molecule has 1 aromatic carbocycles. The van der Waals surface area contributed by atoms with E-state index in [0.29, 0.717) is 18.1 Å². The number of ether oxygens (including phenoxy) is 1. The van der Waals surface area contributed by atoms with Crippen LogP contribution in [0.2, 0.25) is 0 Å². The summed E-state index contributed by atoms with van der Waals surface area (Å²) in [5, 5.41) is 10.3. The molecular formula is C17H22F3N5O. The Kier molecular flexibility index (Phi) is 6.88. The Bertz CT molecular complexity index is 727. The highest BCUT2D eigenvalue weighted by Gasteiger charge is 2.31. The van der Waals surface area contributed by atoms with Gasteiger partial charge in [-0.1, -0.05) is 18.2 Å². The number of aryl methyl sites for hydroxylation is 2. The minimum Gasteiger partial charge on any atom is -0.405 e. The largest absolute Gasteiger partial charge is 0.573 e. The van der Waals surface area contributed by atoms with Gasteiger partial charge < -0.3 is 15.4 Å². The van der Waals surface area contributed by atoms with Crippen molar-refractivity contribution < 1.29 is 17.9 Å².